The van der Waals surface area contributed by atoms with Crippen molar-refractivity contribution in [2.24, 2.45) is 0 Å². The number of nitriles is 1. The highest BCUT2D eigenvalue weighted by atomic mass is 127. The van der Waals surface area contributed by atoms with Gasteiger partial charge in [-0.15, -0.1) is 0 Å². The Labute approximate surface area is 116 Å². The van der Waals surface area contributed by atoms with Crippen molar-refractivity contribution >= 4 is 38.5 Å². The molecule has 6 heteroatoms. The van der Waals surface area contributed by atoms with Gasteiger partial charge < -0.3 is 4.74 Å². The molecule has 0 heterocycles. The first-order valence-corrected chi connectivity index (χ1v) is 6.55. The Morgan fingerprint density at radius 2 is 2.25 bits per heavy atom. The van der Waals surface area contributed by atoms with Gasteiger partial charge in [0.1, 0.15) is 16.3 Å². The Bertz CT molecular complexity index is 312. The van der Waals surface area contributed by atoms with Crippen molar-refractivity contribution in [3.8, 4) is 6.07 Å². The van der Waals surface area contributed by atoms with Gasteiger partial charge in [0.05, 0.1) is 6.07 Å². The minimum absolute atomic E-state index is 0.139. The lowest BCUT2D eigenvalue weighted by Crippen LogP contribution is -2.14. The van der Waals surface area contributed by atoms with Gasteiger partial charge in [0.15, 0.2) is 0 Å². The van der Waals surface area contributed by atoms with E-state index in [1.807, 2.05) is 28.7 Å². The van der Waals surface area contributed by atoms with Crippen LogP contribution in [0.2, 0.25) is 0 Å². The maximum absolute atomic E-state index is 12.0. The third kappa shape index (κ3) is 5.25. The van der Waals surface area contributed by atoms with E-state index < -0.39 is 17.0 Å². The van der Waals surface area contributed by atoms with Crippen LogP contribution >= 0.6 is 38.5 Å². The molecule has 0 saturated carbocycles. The number of ether oxygens (including phenoxy) is 1. The summed E-state index contributed by atoms with van der Waals surface area (Å²) in [5, 5.41) is 8.83. The van der Waals surface area contributed by atoms with Gasteiger partial charge in [-0.25, -0.2) is 8.78 Å². The van der Waals surface area contributed by atoms with Gasteiger partial charge in [-0.05, 0) is 13.0 Å². The van der Waals surface area contributed by atoms with Crippen LogP contribution in [0.3, 0.4) is 0 Å². The van der Waals surface area contributed by atoms with Crippen LogP contribution in [0.1, 0.15) is 6.92 Å². The van der Waals surface area contributed by atoms with Crippen molar-refractivity contribution in [3.05, 3.63) is 24.0 Å². The van der Waals surface area contributed by atoms with E-state index in [-0.39, 0.29) is 10.6 Å². The van der Waals surface area contributed by atoms with E-state index in [0.717, 1.165) is 0 Å². The number of allylic oxidation sites excluding steroid dienone is 2. The third-order valence-corrected chi connectivity index (χ3v) is 3.09. The molecule has 0 aromatic heterocycles. The SMILES string of the molecule is C=C/C(OCC(F)F)=C(\C(I)C#N)[C@@H](C)Br. The molecule has 0 aromatic rings. The molecular formula is C10H11BrF2INO. The van der Waals surface area contributed by atoms with E-state index in [1.165, 1.54) is 6.08 Å². The van der Waals surface area contributed by atoms with Crippen LogP contribution in [-0.4, -0.2) is 21.8 Å². The molecule has 0 rings (SSSR count). The lowest BCUT2D eigenvalue weighted by atomic mass is 10.1. The normalized spacial score (nSPS) is 16.1. The van der Waals surface area contributed by atoms with Crippen molar-refractivity contribution < 1.29 is 13.5 Å². The van der Waals surface area contributed by atoms with E-state index in [4.69, 9.17) is 10.00 Å². The minimum atomic E-state index is -2.54. The molecule has 0 radical (unpaired) electrons. The van der Waals surface area contributed by atoms with Gasteiger partial charge in [0.2, 0.25) is 0 Å². The van der Waals surface area contributed by atoms with Crippen LogP contribution in [-0.2, 0) is 4.74 Å². The largest absolute Gasteiger partial charge is 0.488 e. The van der Waals surface area contributed by atoms with Gasteiger partial charge >= 0.3 is 0 Å². The lowest BCUT2D eigenvalue weighted by Gasteiger charge is -2.16. The highest BCUT2D eigenvalue weighted by Crippen LogP contribution is 2.26. The molecule has 0 spiro atoms. The molecule has 0 aliphatic carbocycles. The summed E-state index contributed by atoms with van der Waals surface area (Å²) in [7, 11) is 0. The zero-order valence-electron chi connectivity index (χ0n) is 8.59. The average Bonchev–Trinajstić information content (AvgIpc) is 2.22. The lowest BCUT2D eigenvalue weighted by molar-refractivity contribution is 0.0515. The van der Waals surface area contributed by atoms with Gasteiger partial charge in [0.25, 0.3) is 6.43 Å². The van der Waals surface area contributed by atoms with Gasteiger partial charge in [-0.2, -0.15) is 5.26 Å². The van der Waals surface area contributed by atoms with Crippen molar-refractivity contribution in [2.45, 2.75) is 22.1 Å². The molecule has 0 fully saturated rings. The van der Waals surface area contributed by atoms with Crippen LogP contribution < -0.4 is 0 Å². The number of nitrogens with zero attached hydrogens (tertiary/aromatic N) is 1. The first-order valence-electron chi connectivity index (χ1n) is 4.39. The fraction of sp³-hybridized carbons (Fsp3) is 0.500. The first kappa shape index (κ1) is 15.8. The Balaban J connectivity index is 5.02. The summed E-state index contributed by atoms with van der Waals surface area (Å²) in [6.07, 6.45) is -1.20. The Hall–Kier alpha value is -0.160. The van der Waals surface area contributed by atoms with Crippen LogP contribution in [0.5, 0.6) is 0 Å². The minimum Gasteiger partial charge on any atom is -0.488 e. The number of hydrogen-bond acceptors (Lipinski definition) is 2. The topological polar surface area (TPSA) is 33.0 Å². The van der Waals surface area contributed by atoms with Crippen LogP contribution in [0.15, 0.2) is 24.0 Å². The van der Waals surface area contributed by atoms with E-state index >= 15 is 0 Å². The summed E-state index contributed by atoms with van der Waals surface area (Å²) in [5.41, 5.74) is 0.610. The molecule has 0 aliphatic rings. The summed E-state index contributed by atoms with van der Waals surface area (Å²) in [6, 6.07) is 2.03. The van der Waals surface area contributed by atoms with Crippen molar-refractivity contribution in [1.29, 1.82) is 5.26 Å². The molecule has 0 bridgehead atoms. The highest BCUT2D eigenvalue weighted by molar-refractivity contribution is 14.1. The molecule has 0 amide bonds. The fourth-order valence-corrected chi connectivity index (χ4v) is 2.84. The number of halogens is 4. The molecule has 0 aromatic carbocycles. The molecule has 0 N–H and O–H groups in total. The molecular weight excluding hydrogens is 395 g/mol. The molecule has 0 saturated heterocycles. The summed E-state index contributed by atoms with van der Waals surface area (Å²) in [5.74, 6) is 0.241. The summed E-state index contributed by atoms with van der Waals surface area (Å²) < 4.78 is 28.5. The molecule has 2 nitrogen and oxygen atoms in total. The maximum Gasteiger partial charge on any atom is 0.272 e. The molecule has 90 valence electrons. The second kappa shape index (κ2) is 8.01. The molecule has 2 atom stereocenters. The Kier molecular flexibility index (Phi) is 7.93. The smallest absolute Gasteiger partial charge is 0.272 e. The molecule has 0 aliphatic heterocycles. The zero-order valence-corrected chi connectivity index (χ0v) is 12.3. The Morgan fingerprint density at radius 1 is 1.69 bits per heavy atom. The van der Waals surface area contributed by atoms with E-state index in [1.54, 1.807) is 6.92 Å². The van der Waals surface area contributed by atoms with Gasteiger partial charge in [0, 0.05) is 10.4 Å². The quantitative estimate of drug-likeness (QED) is 0.291. The van der Waals surface area contributed by atoms with E-state index in [9.17, 15) is 8.78 Å². The standard InChI is InChI=1S/C10H11BrF2INO/c1-3-8(16-5-9(12)13)10(6(2)11)7(14)4-15/h3,6-7,9H,1,5H2,2H3/b10-8+/t6-,7?/m1/s1. The average molecular weight is 406 g/mol. The number of rotatable bonds is 6. The summed E-state index contributed by atoms with van der Waals surface area (Å²) in [6.45, 7) is 4.60. The van der Waals surface area contributed by atoms with E-state index in [2.05, 4.69) is 22.5 Å². The number of hydrogen-bond donors (Lipinski definition) is 0. The van der Waals surface area contributed by atoms with Crippen LogP contribution in [0, 0.1) is 11.3 Å². The maximum atomic E-state index is 12.0. The molecule has 16 heavy (non-hydrogen) atoms. The van der Waals surface area contributed by atoms with Gasteiger partial charge in [-0.3, -0.25) is 0 Å². The predicted molar refractivity (Wildman–Crippen MR) is 71.0 cm³/mol. The van der Waals surface area contributed by atoms with Crippen LogP contribution in [0.4, 0.5) is 8.78 Å². The zero-order chi connectivity index (χ0) is 12.7. The van der Waals surface area contributed by atoms with Crippen molar-refractivity contribution in [2.75, 3.05) is 6.61 Å². The van der Waals surface area contributed by atoms with Gasteiger partial charge in [-0.1, -0.05) is 45.1 Å². The summed E-state index contributed by atoms with van der Waals surface area (Å²) >= 11 is 5.22. The van der Waals surface area contributed by atoms with Crippen molar-refractivity contribution in [1.82, 2.24) is 0 Å². The van der Waals surface area contributed by atoms with Crippen molar-refractivity contribution in [3.63, 3.8) is 0 Å². The van der Waals surface area contributed by atoms with E-state index in [0.29, 0.717) is 5.57 Å². The fourth-order valence-electron chi connectivity index (χ4n) is 1.00. The van der Waals surface area contributed by atoms with Crippen LogP contribution in [0.25, 0.3) is 0 Å². The second-order valence-electron chi connectivity index (χ2n) is 2.83. The highest BCUT2D eigenvalue weighted by Gasteiger charge is 2.20. The second-order valence-corrected chi connectivity index (χ2v) is 5.45. The molecule has 1 unspecified atom stereocenters. The Morgan fingerprint density at radius 3 is 2.56 bits per heavy atom. The summed E-state index contributed by atoms with van der Waals surface area (Å²) in [4.78, 5) is -0.139. The predicted octanol–water partition coefficient (Wildman–Crippen LogP) is 3.82. The third-order valence-electron chi connectivity index (χ3n) is 1.65. The number of alkyl halides is 4. The first-order chi connectivity index (χ1) is 7.43. The monoisotopic (exact) mass is 405 g/mol.